The Bertz CT molecular complexity index is 1070. The van der Waals surface area contributed by atoms with Gasteiger partial charge in [0, 0.05) is 43.1 Å². The molecule has 0 spiro atoms. The molecule has 4 aromatic rings. The maximum Gasteiger partial charge on any atom is 0.206 e. The first-order valence-electron chi connectivity index (χ1n) is 9.33. The smallest absolute Gasteiger partial charge is 0.206 e. The van der Waals surface area contributed by atoms with Crippen molar-refractivity contribution in [1.82, 2.24) is 25.1 Å². The number of nitrogens with zero attached hydrogens (tertiary/aromatic N) is 5. The molecule has 0 atom stereocenters. The van der Waals surface area contributed by atoms with Crippen LogP contribution in [0.1, 0.15) is 13.3 Å². The van der Waals surface area contributed by atoms with E-state index in [-0.39, 0.29) is 0 Å². The summed E-state index contributed by atoms with van der Waals surface area (Å²) in [5.41, 5.74) is 1.83. The predicted octanol–water partition coefficient (Wildman–Crippen LogP) is 4.53. The molecule has 0 bridgehead atoms. The topological polar surface area (TPSA) is 85.7 Å². The normalized spacial score (nSPS) is 11.1. The van der Waals surface area contributed by atoms with Crippen LogP contribution in [0.2, 0.25) is 0 Å². The molecule has 0 fully saturated rings. The Morgan fingerprint density at radius 2 is 1.93 bits per heavy atom. The SMILES string of the molecule is CCOCCCNc1nnc(Sc2nc(-c3ccncc3)nc3ccccc23)s1. The monoisotopic (exact) mass is 424 g/mol. The number of rotatable bonds is 9. The van der Waals surface area contributed by atoms with Crippen molar-refractivity contribution >= 4 is 39.1 Å². The van der Waals surface area contributed by atoms with Gasteiger partial charge in [0.15, 0.2) is 10.2 Å². The predicted molar refractivity (Wildman–Crippen MR) is 116 cm³/mol. The molecule has 0 unspecified atom stereocenters. The van der Waals surface area contributed by atoms with E-state index in [1.54, 1.807) is 12.4 Å². The minimum absolute atomic E-state index is 0.674. The Morgan fingerprint density at radius 3 is 2.79 bits per heavy atom. The highest BCUT2D eigenvalue weighted by molar-refractivity contribution is 8.01. The third-order valence-corrected chi connectivity index (χ3v) is 5.98. The number of para-hydroxylation sites is 1. The molecule has 0 aliphatic carbocycles. The zero-order chi connectivity index (χ0) is 19.9. The molecule has 0 aliphatic rings. The van der Waals surface area contributed by atoms with Crippen molar-refractivity contribution in [2.75, 3.05) is 25.1 Å². The molecule has 3 aromatic heterocycles. The fourth-order valence-electron chi connectivity index (χ4n) is 2.67. The second-order valence-electron chi connectivity index (χ2n) is 6.06. The van der Waals surface area contributed by atoms with Crippen molar-refractivity contribution < 1.29 is 4.74 Å². The first-order valence-corrected chi connectivity index (χ1v) is 11.0. The number of anilines is 1. The number of nitrogens with one attached hydrogen (secondary N) is 1. The van der Waals surface area contributed by atoms with Crippen molar-refractivity contribution in [1.29, 1.82) is 0 Å². The summed E-state index contributed by atoms with van der Waals surface area (Å²) in [4.78, 5) is 13.6. The van der Waals surface area contributed by atoms with E-state index in [9.17, 15) is 0 Å². The van der Waals surface area contributed by atoms with Gasteiger partial charge in [-0.05, 0) is 43.3 Å². The lowest BCUT2D eigenvalue weighted by Crippen LogP contribution is -2.05. The first kappa shape index (κ1) is 19.7. The number of aromatic nitrogens is 5. The van der Waals surface area contributed by atoms with Crippen molar-refractivity contribution in [3.05, 3.63) is 48.8 Å². The summed E-state index contributed by atoms with van der Waals surface area (Å²) in [6.45, 7) is 4.29. The fourth-order valence-corrected chi connectivity index (χ4v) is 4.48. The van der Waals surface area contributed by atoms with Gasteiger partial charge in [0.25, 0.3) is 0 Å². The average Bonchev–Trinajstić information content (AvgIpc) is 3.21. The van der Waals surface area contributed by atoms with Crippen LogP contribution in [0.4, 0.5) is 5.13 Å². The van der Waals surface area contributed by atoms with Crippen LogP contribution in [0.3, 0.4) is 0 Å². The van der Waals surface area contributed by atoms with Gasteiger partial charge in [0.1, 0.15) is 5.03 Å². The second-order valence-corrected chi connectivity index (χ2v) is 8.27. The molecule has 4 rings (SSSR count). The molecule has 1 N–H and O–H groups in total. The number of hydrogen-bond donors (Lipinski definition) is 1. The molecular formula is C20H20N6OS2. The Morgan fingerprint density at radius 1 is 1.07 bits per heavy atom. The van der Waals surface area contributed by atoms with Crippen LogP contribution >= 0.6 is 23.1 Å². The second kappa shape index (κ2) is 9.73. The van der Waals surface area contributed by atoms with Gasteiger partial charge in [-0.3, -0.25) is 4.98 Å². The lowest BCUT2D eigenvalue weighted by Gasteiger charge is -2.07. The zero-order valence-electron chi connectivity index (χ0n) is 15.9. The van der Waals surface area contributed by atoms with Gasteiger partial charge in [-0.2, -0.15) is 0 Å². The Hall–Kier alpha value is -2.62. The summed E-state index contributed by atoms with van der Waals surface area (Å²) in [5.74, 6) is 0.674. The van der Waals surface area contributed by atoms with E-state index in [1.807, 2.05) is 43.3 Å². The van der Waals surface area contributed by atoms with Gasteiger partial charge in [-0.1, -0.05) is 29.5 Å². The van der Waals surface area contributed by atoms with Crippen LogP contribution in [0.15, 0.2) is 58.2 Å². The van der Waals surface area contributed by atoms with Crippen LogP contribution in [-0.4, -0.2) is 44.9 Å². The highest BCUT2D eigenvalue weighted by Crippen LogP contribution is 2.35. The molecule has 0 aliphatic heterocycles. The number of benzene rings is 1. The largest absolute Gasteiger partial charge is 0.382 e. The van der Waals surface area contributed by atoms with Gasteiger partial charge >= 0.3 is 0 Å². The zero-order valence-corrected chi connectivity index (χ0v) is 17.5. The molecule has 29 heavy (non-hydrogen) atoms. The highest BCUT2D eigenvalue weighted by atomic mass is 32.2. The molecule has 3 heterocycles. The van der Waals surface area contributed by atoms with Crippen molar-refractivity contribution in [2.24, 2.45) is 0 Å². The van der Waals surface area contributed by atoms with Gasteiger partial charge in [0.05, 0.1) is 5.52 Å². The molecule has 1 aromatic carbocycles. The summed E-state index contributed by atoms with van der Waals surface area (Å²) in [6, 6.07) is 11.8. The molecular weight excluding hydrogens is 404 g/mol. The number of fused-ring (bicyclic) bond motifs is 1. The molecule has 0 saturated carbocycles. The Labute approximate surface area is 177 Å². The molecule has 148 valence electrons. The summed E-state index contributed by atoms with van der Waals surface area (Å²) in [7, 11) is 0. The lowest BCUT2D eigenvalue weighted by atomic mass is 10.2. The third kappa shape index (κ3) is 5.06. The van der Waals surface area contributed by atoms with Crippen molar-refractivity contribution in [2.45, 2.75) is 22.7 Å². The average molecular weight is 425 g/mol. The minimum Gasteiger partial charge on any atom is -0.382 e. The lowest BCUT2D eigenvalue weighted by molar-refractivity contribution is 0.147. The third-order valence-electron chi connectivity index (χ3n) is 4.04. The fraction of sp³-hybridized carbons (Fsp3) is 0.250. The standard InChI is InChI=1S/C20H20N6OS2/c1-2-27-13-5-10-22-19-25-26-20(29-19)28-18-15-6-3-4-7-16(15)23-17(24-18)14-8-11-21-12-9-14/h3-4,6-9,11-12H,2,5,10,13H2,1H3,(H,22,25). The van der Waals surface area contributed by atoms with Gasteiger partial charge < -0.3 is 10.1 Å². The van der Waals surface area contributed by atoms with Crippen LogP contribution in [0, 0.1) is 0 Å². The van der Waals surface area contributed by atoms with E-state index >= 15 is 0 Å². The number of pyridine rings is 1. The molecule has 0 amide bonds. The number of ether oxygens (including phenoxy) is 1. The quantitative estimate of drug-likeness (QED) is 0.310. The van der Waals surface area contributed by atoms with E-state index in [1.165, 1.54) is 23.1 Å². The molecule has 9 heteroatoms. The van der Waals surface area contributed by atoms with E-state index in [0.717, 1.165) is 57.1 Å². The van der Waals surface area contributed by atoms with Crippen LogP contribution < -0.4 is 5.32 Å². The minimum atomic E-state index is 0.674. The Balaban J connectivity index is 1.55. The highest BCUT2D eigenvalue weighted by Gasteiger charge is 2.13. The van der Waals surface area contributed by atoms with E-state index in [0.29, 0.717) is 5.82 Å². The van der Waals surface area contributed by atoms with Gasteiger partial charge in [-0.15, -0.1) is 10.2 Å². The van der Waals surface area contributed by atoms with Crippen LogP contribution in [-0.2, 0) is 4.74 Å². The van der Waals surface area contributed by atoms with E-state index in [4.69, 9.17) is 14.7 Å². The van der Waals surface area contributed by atoms with Crippen LogP contribution in [0.25, 0.3) is 22.3 Å². The van der Waals surface area contributed by atoms with Crippen LogP contribution in [0.5, 0.6) is 0 Å². The Kier molecular flexibility index (Phi) is 6.60. The molecule has 0 saturated heterocycles. The summed E-state index contributed by atoms with van der Waals surface area (Å²) in [6.07, 6.45) is 4.42. The van der Waals surface area contributed by atoms with Gasteiger partial charge in [0.2, 0.25) is 5.13 Å². The van der Waals surface area contributed by atoms with E-state index in [2.05, 4.69) is 20.5 Å². The van der Waals surface area contributed by atoms with Gasteiger partial charge in [-0.25, -0.2) is 9.97 Å². The van der Waals surface area contributed by atoms with Crippen molar-refractivity contribution in [3.8, 4) is 11.4 Å². The molecule has 7 nitrogen and oxygen atoms in total. The number of hydrogen-bond acceptors (Lipinski definition) is 9. The summed E-state index contributed by atoms with van der Waals surface area (Å²) < 4.78 is 6.18. The molecule has 0 radical (unpaired) electrons. The maximum atomic E-state index is 5.35. The van der Waals surface area contributed by atoms with Crippen molar-refractivity contribution in [3.63, 3.8) is 0 Å². The maximum absolute atomic E-state index is 5.35. The van der Waals surface area contributed by atoms with E-state index < -0.39 is 0 Å². The first-order chi connectivity index (χ1) is 14.3. The summed E-state index contributed by atoms with van der Waals surface area (Å²) in [5, 5.41) is 14.5. The summed E-state index contributed by atoms with van der Waals surface area (Å²) >= 11 is 3.03.